The van der Waals surface area contributed by atoms with Crippen molar-refractivity contribution < 1.29 is 17.4 Å². The van der Waals surface area contributed by atoms with Gasteiger partial charge in [-0.1, -0.05) is 18.2 Å². The second-order valence-corrected chi connectivity index (χ2v) is 6.06. The molecule has 19 heavy (non-hydrogen) atoms. The summed E-state index contributed by atoms with van der Waals surface area (Å²) in [6.45, 7) is 2.04. The largest absolute Gasteiger partial charge is 0.416 e. The number of hydrogen-bond acceptors (Lipinski definition) is 2. The molecule has 0 spiro atoms. The Bertz CT molecular complexity index is 434. The van der Waals surface area contributed by atoms with Gasteiger partial charge in [0, 0.05) is 35.4 Å². The SMILES string of the molecule is C[C@@H](CC[S@@](C)=O)NCc1ccccc1C(F)(F)F. The Hall–Kier alpha value is -0.880. The highest BCUT2D eigenvalue weighted by molar-refractivity contribution is 7.84. The van der Waals surface area contributed by atoms with Crippen molar-refractivity contribution in [2.24, 2.45) is 0 Å². The van der Waals surface area contributed by atoms with Gasteiger partial charge in [0.15, 0.2) is 0 Å². The summed E-state index contributed by atoms with van der Waals surface area (Å²) in [6, 6.07) is 5.57. The summed E-state index contributed by atoms with van der Waals surface area (Å²) in [5.74, 6) is 0.551. The molecule has 0 saturated heterocycles. The molecular weight excluding hydrogens is 275 g/mol. The molecule has 1 aromatic carbocycles. The standard InChI is InChI=1S/C13H18F3NOS/c1-10(7-8-19(2)18)17-9-11-5-3-4-6-12(11)13(14,15)16/h3-6,10,17H,7-9H2,1-2H3/t10-,19+/m0/s1. The molecule has 0 fully saturated rings. The van der Waals surface area contributed by atoms with Crippen LogP contribution in [-0.2, 0) is 23.5 Å². The van der Waals surface area contributed by atoms with E-state index in [-0.39, 0.29) is 18.2 Å². The molecule has 0 aliphatic heterocycles. The summed E-state index contributed by atoms with van der Waals surface area (Å²) in [5, 5.41) is 3.03. The van der Waals surface area contributed by atoms with E-state index in [1.165, 1.54) is 12.1 Å². The minimum Gasteiger partial charge on any atom is -0.310 e. The summed E-state index contributed by atoms with van der Waals surface area (Å²) in [4.78, 5) is 0. The molecule has 0 saturated carbocycles. The molecule has 0 bridgehead atoms. The Morgan fingerprint density at radius 3 is 2.53 bits per heavy atom. The van der Waals surface area contributed by atoms with E-state index in [0.29, 0.717) is 12.2 Å². The summed E-state index contributed by atoms with van der Waals surface area (Å²) < 4.78 is 49.2. The predicted octanol–water partition coefficient (Wildman–Crippen LogP) is 2.95. The average molecular weight is 293 g/mol. The maximum Gasteiger partial charge on any atom is 0.416 e. The summed E-state index contributed by atoms with van der Waals surface area (Å²) in [7, 11) is -0.873. The van der Waals surface area contributed by atoms with Crippen molar-refractivity contribution >= 4 is 10.8 Å². The van der Waals surface area contributed by atoms with Crippen LogP contribution in [0, 0.1) is 0 Å². The molecule has 108 valence electrons. The first-order valence-electron chi connectivity index (χ1n) is 5.99. The van der Waals surface area contributed by atoms with Crippen LogP contribution in [0.2, 0.25) is 0 Å². The maximum atomic E-state index is 12.8. The van der Waals surface area contributed by atoms with Gasteiger partial charge >= 0.3 is 6.18 Å². The van der Waals surface area contributed by atoms with Crippen molar-refractivity contribution in [1.82, 2.24) is 5.32 Å². The smallest absolute Gasteiger partial charge is 0.310 e. The van der Waals surface area contributed by atoms with Crippen molar-refractivity contribution in [3.63, 3.8) is 0 Å². The van der Waals surface area contributed by atoms with E-state index >= 15 is 0 Å². The fourth-order valence-corrected chi connectivity index (χ4v) is 2.37. The zero-order valence-corrected chi connectivity index (χ0v) is 11.8. The first-order chi connectivity index (χ1) is 8.80. The molecule has 1 rings (SSSR count). The normalized spacial score (nSPS) is 15.2. The van der Waals surface area contributed by atoms with E-state index in [0.717, 1.165) is 6.07 Å². The molecule has 0 aliphatic carbocycles. The van der Waals surface area contributed by atoms with Crippen LogP contribution in [-0.4, -0.2) is 22.3 Å². The van der Waals surface area contributed by atoms with Crippen LogP contribution < -0.4 is 5.32 Å². The second kappa shape index (κ2) is 7.05. The van der Waals surface area contributed by atoms with Crippen LogP contribution in [0.1, 0.15) is 24.5 Å². The first kappa shape index (κ1) is 16.2. The third kappa shape index (κ3) is 5.74. The third-order valence-corrected chi connectivity index (χ3v) is 3.61. The lowest BCUT2D eigenvalue weighted by Crippen LogP contribution is -2.28. The lowest BCUT2D eigenvalue weighted by atomic mass is 10.1. The molecule has 6 heteroatoms. The van der Waals surface area contributed by atoms with E-state index in [1.807, 2.05) is 6.92 Å². The van der Waals surface area contributed by atoms with Gasteiger partial charge in [-0.15, -0.1) is 0 Å². The van der Waals surface area contributed by atoms with E-state index in [2.05, 4.69) is 5.32 Å². The molecule has 0 aliphatic rings. The van der Waals surface area contributed by atoms with Crippen LogP contribution in [0.3, 0.4) is 0 Å². The van der Waals surface area contributed by atoms with Gasteiger partial charge in [0.05, 0.1) is 5.56 Å². The van der Waals surface area contributed by atoms with Crippen molar-refractivity contribution in [2.45, 2.75) is 32.1 Å². The number of hydrogen-bond donors (Lipinski definition) is 1. The number of nitrogens with one attached hydrogen (secondary N) is 1. The lowest BCUT2D eigenvalue weighted by Gasteiger charge is -2.16. The van der Waals surface area contributed by atoms with Crippen molar-refractivity contribution in [2.75, 3.05) is 12.0 Å². The molecule has 0 radical (unpaired) electrons. The van der Waals surface area contributed by atoms with Gasteiger partial charge in [0.1, 0.15) is 0 Å². The van der Waals surface area contributed by atoms with E-state index in [9.17, 15) is 17.4 Å². The highest BCUT2D eigenvalue weighted by Crippen LogP contribution is 2.31. The number of alkyl halides is 3. The zero-order chi connectivity index (χ0) is 14.5. The van der Waals surface area contributed by atoms with Crippen LogP contribution in [0.5, 0.6) is 0 Å². The van der Waals surface area contributed by atoms with Crippen molar-refractivity contribution in [3.8, 4) is 0 Å². The van der Waals surface area contributed by atoms with Gasteiger partial charge in [-0.2, -0.15) is 13.2 Å². The van der Waals surface area contributed by atoms with Crippen LogP contribution in [0.15, 0.2) is 24.3 Å². The summed E-state index contributed by atoms with van der Waals surface area (Å²) >= 11 is 0. The first-order valence-corrected chi connectivity index (χ1v) is 7.72. The van der Waals surface area contributed by atoms with Gasteiger partial charge in [0.25, 0.3) is 0 Å². The summed E-state index contributed by atoms with van der Waals surface area (Å²) in [6.07, 6.45) is -2.03. The van der Waals surface area contributed by atoms with E-state index in [4.69, 9.17) is 0 Å². The number of benzene rings is 1. The van der Waals surface area contributed by atoms with Crippen LogP contribution >= 0.6 is 0 Å². The third-order valence-electron chi connectivity index (χ3n) is 2.80. The quantitative estimate of drug-likeness (QED) is 0.873. The minimum absolute atomic E-state index is 0.0326. The number of rotatable bonds is 6. The van der Waals surface area contributed by atoms with Gasteiger partial charge in [-0.25, -0.2) is 0 Å². The van der Waals surface area contributed by atoms with Crippen molar-refractivity contribution in [3.05, 3.63) is 35.4 Å². The Morgan fingerprint density at radius 1 is 1.32 bits per heavy atom. The molecule has 0 heterocycles. The lowest BCUT2D eigenvalue weighted by molar-refractivity contribution is -0.138. The van der Waals surface area contributed by atoms with Crippen molar-refractivity contribution in [1.29, 1.82) is 0 Å². The second-order valence-electron chi connectivity index (χ2n) is 4.50. The highest BCUT2D eigenvalue weighted by Gasteiger charge is 2.32. The molecule has 0 amide bonds. The zero-order valence-electron chi connectivity index (χ0n) is 11.0. The predicted molar refractivity (Wildman–Crippen MR) is 71.3 cm³/mol. The van der Waals surface area contributed by atoms with Crippen LogP contribution in [0.4, 0.5) is 13.2 Å². The molecular formula is C13H18F3NOS. The molecule has 1 aromatic rings. The Balaban J connectivity index is 2.60. The Morgan fingerprint density at radius 2 is 1.95 bits per heavy atom. The number of halogens is 3. The molecule has 0 unspecified atom stereocenters. The minimum atomic E-state index is -4.33. The van der Waals surface area contributed by atoms with Gasteiger partial charge < -0.3 is 5.32 Å². The Kier molecular flexibility index (Phi) is 6.00. The summed E-state index contributed by atoms with van der Waals surface area (Å²) in [5.41, 5.74) is -0.367. The average Bonchev–Trinajstić information content (AvgIpc) is 2.33. The monoisotopic (exact) mass is 293 g/mol. The topological polar surface area (TPSA) is 29.1 Å². The fraction of sp³-hybridized carbons (Fsp3) is 0.538. The highest BCUT2D eigenvalue weighted by atomic mass is 32.2. The van der Waals surface area contributed by atoms with Crippen LogP contribution in [0.25, 0.3) is 0 Å². The van der Waals surface area contributed by atoms with Gasteiger partial charge in [-0.3, -0.25) is 4.21 Å². The molecule has 0 aromatic heterocycles. The van der Waals surface area contributed by atoms with E-state index < -0.39 is 22.5 Å². The molecule has 1 N–H and O–H groups in total. The fourth-order valence-electron chi connectivity index (χ4n) is 1.68. The maximum absolute atomic E-state index is 12.8. The molecule has 2 atom stereocenters. The van der Waals surface area contributed by atoms with E-state index in [1.54, 1.807) is 12.3 Å². The molecule has 2 nitrogen and oxygen atoms in total. The Labute approximate surface area is 113 Å². The van der Waals surface area contributed by atoms with Gasteiger partial charge in [-0.05, 0) is 25.0 Å². The van der Waals surface area contributed by atoms with Gasteiger partial charge in [0.2, 0.25) is 0 Å².